The molecule has 0 aliphatic rings. The highest BCUT2D eigenvalue weighted by Gasteiger charge is 2.25. The Labute approximate surface area is 125 Å². The zero-order valence-electron chi connectivity index (χ0n) is 11.1. The molecule has 0 bridgehead atoms. The van der Waals surface area contributed by atoms with Crippen molar-refractivity contribution < 1.29 is 8.42 Å². The van der Waals surface area contributed by atoms with Crippen LogP contribution in [0.1, 0.15) is 6.92 Å². The largest absolute Gasteiger partial charge is 0.368 e. The van der Waals surface area contributed by atoms with Crippen molar-refractivity contribution in [3.05, 3.63) is 36.0 Å². The van der Waals surface area contributed by atoms with Crippen molar-refractivity contribution in [3.63, 3.8) is 0 Å². The zero-order valence-corrected chi connectivity index (χ0v) is 12.8. The molecule has 2 N–H and O–H groups in total. The standard InChI is InChI=1S/C12H13N5O2S2/c1-2-13-10-11(17-7-4-3-5-9(17)15-10)21(18,19)16-12-14-6-8-20-12/h3-8,13H,2H2,1H3,(H,14,16). The second kappa shape index (κ2) is 5.34. The third-order valence-corrected chi connectivity index (χ3v) is 4.92. The second-order valence-electron chi connectivity index (χ2n) is 4.17. The monoisotopic (exact) mass is 323 g/mol. The summed E-state index contributed by atoms with van der Waals surface area (Å²) in [6.07, 6.45) is 3.21. The summed E-state index contributed by atoms with van der Waals surface area (Å²) in [6.45, 7) is 2.46. The van der Waals surface area contributed by atoms with Gasteiger partial charge in [0.05, 0.1) is 0 Å². The van der Waals surface area contributed by atoms with Crippen LogP contribution in [0.15, 0.2) is 41.0 Å². The number of hydrogen-bond donors (Lipinski definition) is 2. The number of nitrogens with zero attached hydrogens (tertiary/aromatic N) is 3. The van der Waals surface area contributed by atoms with E-state index in [-0.39, 0.29) is 5.03 Å². The highest BCUT2D eigenvalue weighted by atomic mass is 32.2. The highest BCUT2D eigenvalue weighted by molar-refractivity contribution is 7.93. The van der Waals surface area contributed by atoms with E-state index in [2.05, 4.69) is 20.0 Å². The van der Waals surface area contributed by atoms with Gasteiger partial charge in [-0.3, -0.25) is 9.12 Å². The summed E-state index contributed by atoms with van der Waals surface area (Å²) in [6, 6.07) is 5.32. The molecule has 0 amide bonds. The number of pyridine rings is 1. The van der Waals surface area contributed by atoms with E-state index in [9.17, 15) is 8.42 Å². The maximum atomic E-state index is 12.6. The fourth-order valence-corrected chi connectivity index (χ4v) is 4.01. The van der Waals surface area contributed by atoms with Gasteiger partial charge in [0.25, 0.3) is 10.0 Å². The first-order valence-electron chi connectivity index (χ1n) is 6.25. The molecule has 0 aliphatic heterocycles. The van der Waals surface area contributed by atoms with Crippen molar-refractivity contribution >= 4 is 38.0 Å². The number of fused-ring (bicyclic) bond motifs is 1. The first-order chi connectivity index (χ1) is 10.1. The lowest BCUT2D eigenvalue weighted by Gasteiger charge is -2.07. The predicted molar refractivity (Wildman–Crippen MR) is 82.3 cm³/mol. The van der Waals surface area contributed by atoms with Gasteiger partial charge in [0, 0.05) is 24.3 Å². The molecule has 110 valence electrons. The van der Waals surface area contributed by atoms with Gasteiger partial charge >= 0.3 is 0 Å². The van der Waals surface area contributed by atoms with E-state index in [1.807, 2.05) is 13.0 Å². The van der Waals surface area contributed by atoms with Gasteiger partial charge in [-0.1, -0.05) is 6.07 Å². The molecule has 0 unspecified atom stereocenters. The maximum absolute atomic E-state index is 12.6. The second-order valence-corrected chi connectivity index (χ2v) is 6.66. The lowest BCUT2D eigenvalue weighted by atomic mass is 10.5. The van der Waals surface area contributed by atoms with Crippen molar-refractivity contribution in [2.45, 2.75) is 11.9 Å². The number of aromatic nitrogens is 3. The molecular weight excluding hydrogens is 310 g/mol. The van der Waals surface area contributed by atoms with Gasteiger partial charge < -0.3 is 5.32 Å². The van der Waals surface area contributed by atoms with Gasteiger partial charge in [-0.2, -0.15) is 8.42 Å². The number of anilines is 2. The molecule has 0 fully saturated rings. The summed E-state index contributed by atoms with van der Waals surface area (Å²) in [5.74, 6) is 0.327. The molecule has 0 aromatic carbocycles. The van der Waals surface area contributed by atoms with Crippen LogP contribution in [0.2, 0.25) is 0 Å². The number of sulfonamides is 1. The van der Waals surface area contributed by atoms with Gasteiger partial charge in [0.15, 0.2) is 10.9 Å². The van der Waals surface area contributed by atoms with E-state index in [0.717, 1.165) is 0 Å². The van der Waals surface area contributed by atoms with Crippen LogP contribution in [0.3, 0.4) is 0 Å². The normalized spacial score (nSPS) is 11.7. The Morgan fingerprint density at radius 1 is 1.38 bits per heavy atom. The molecule has 9 heteroatoms. The van der Waals surface area contributed by atoms with E-state index in [0.29, 0.717) is 23.1 Å². The van der Waals surface area contributed by atoms with Crippen molar-refractivity contribution in [1.82, 2.24) is 14.4 Å². The Morgan fingerprint density at radius 3 is 2.95 bits per heavy atom. The van der Waals surface area contributed by atoms with E-state index >= 15 is 0 Å². The average molecular weight is 323 g/mol. The molecular formula is C12H13N5O2S2. The maximum Gasteiger partial charge on any atom is 0.283 e. The number of imidazole rings is 1. The summed E-state index contributed by atoms with van der Waals surface area (Å²) in [7, 11) is -3.78. The van der Waals surface area contributed by atoms with Crippen LogP contribution in [-0.2, 0) is 10.0 Å². The SMILES string of the molecule is CCNc1nc2ccccn2c1S(=O)(=O)Nc1nccs1. The Kier molecular flexibility index (Phi) is 3.52. The zero-order chi connectivity index (χ0) is 14.9. The van der Waals surface area contributed by atoms with Crippen LogP contribution >= 0.6 is 11.3 Å². The van der Waals surface area contributed by atoms with E-state index in [1.54, 1.807) is 29.9 Å². The molecule has 0 spiro atoms. The van der Waals surface area contributed by atoms with Crippen molar-refractivity contribution in [2.24, 2.45) is 0 Å². The minimum absolute atomic E-state index is 0.0788. The Morgan fingerprint density at radius 2 is 2.24 bits per heavy atom. The molecule has 3 aromatic heterocycles. The van der Waals surface area contributed by atoms with Crippen LogP contribution < -0.4 is 10.0 Å². The lowest BCUT2D eigenvalue weighted by molar-refractivity contribution is 0.597. The smallest absolute Gasteiger partial charge is 0.283 e. The van der Waals surface area contributed by atoms with Crippen LogP contribution in [0.5, 0.6) is 0 Å². The fraction of sp³-hybridized carbons (Fsp3) is 0.167. The number of hydrogen-bond acceptors (Lipinski definition) is 6. The predicted octanol–water partition coefficient (Wildman–Crippen LogP) is 2.02. The molecule has 21 heavy (non-hydrogen) atoms. The van der Waals surface area contributed by atoms with Gasteiger partial charge in [-0.25, -0.2) is 9.97 Å². The van der Waals surface area contributed by atoms with Crippen LogP contribution in [-0.4, -0.2) is 29.3 Å². The van der Waals surface area contributed by atoms with Gasteiger partial charge in [-0.05, 0) is 19.1 Å². The number of rotatable bonds is 5. The van der Waals surface area contributed by atoms with Gasteiger partial charge in [-0.15, -0.1) is 11.3 Å². The third kappa shape index (κ3) is 2.57. The molecule has 0 saturated heterocycles. The Hall–Kier alpha value is -2.13. The fourth-order valence-electron chi connectivity index (χ4n) is 1.95. The van der Waals surface area contributed by atoms with E-state index in [1.165, 1.54) is 15.7 Å². The van der Waals surface area contributed by atoms with E-state index in [4.69, 9.17) is 0 Å². The summed E-state index contributed by atoms with van der Waals surface area (Å²) >= 11 is 1.22. The third-order valence-electron chi connectivity index (χ3n) is 2.74. The first-order valence-corrected chi connectivity index (χ1v) is 8.61. The molecule has 3 heterocycles. The minimum Gasteiger partial charge on any atom is -0.368 e. The van der Waals surface area contributed by atoms with E-state index < -0.39 is 10.0 Å². The summed E-state index contributed by atoms with van der Waals surface area (Å²) in [5, 5.41) is 5.09. The van der Waals surface area contributed by atoms with Crippen LogP contribution in [0.4, 0.5) is 10.9 Å². The van der Waals surface area contributed by atoms with Crippen LogP contribution in [0.25, 0.3) is 5.65 Å². The molecule has 0 saturated carbocycles. The van der Waals surface area contributed by atoms with Crippen LogP contribution in [0, 0.1) is 0 Å². The topological polar surface area (TPSA) is 88.4 Å². The summed E-state index contributed by atoms with van der Waals surface area (Å²) in [4.78, 5) is 8.26. The van der Waals surface area contributed by atoms with Crippen molar-refractivity contribution in [3.8, 4) is 0 Å². The lowest BCUT2D eigenvalue weighted by Crippen LogP contribution is -2.17. The summed E-state index contributed by atoms with van der Waals surface area (Å²) in [5.41, 5.74) is 0.563. The van der Waals surface area contributed by atoms with Crippen molar-refractivity contribution in [2.75, 3.05) is 16.6 Å². The average Bonchev–Trinajstić information content (AvgIpc) is 3.05. The molecule has 0 radical (unpaired) electrons. The number of thiazole rings is 1. The minimum atomic E-state index is -3.78. The number of nitrogens with one attached hydrogen (secondary N) is 2. The molecule has 0 aliphatic carbocycles. The Bertz CT molecular complexity index is 855. The molecule has 3 aromatic rings. The summed E-state index contributed by atoms with van der Waals surface area (Å²) < 4.78 is 29.3. The van der Waals surface area contributed by atoms with Gasteiger partial charge in [0.1, 0.15) is 5.65 Å². The Balaban J connectivity index is 2.15. The van der Waals surface area contributed by atoms with Gasteiger partial charge in [0.2, 0.25) is 5.03 Å². The molecule has 7 nitrogen and oxygen atoms in total. The highest BCUT2D eigenvalue weighted by Crippen LogP contribution is 2.25. The molecule has 0 atom stereocenters. The quantitative estimate of drug-likeness (QED) is 0.750. The molecule has 3 rings (SSSR count). The first kappa shape index (κ1) is 13.8. The van der Waals surface area contributed by atoms with Crippen molar-refractivity contribution in [1.29, 1.82) is 0 Å².